The van der Waals surface area contributed by atoms with Crippen LogP contribution >= 0.6 is 0 Å². The summed E-state index contributed by atoms with van der Waals surface area (Å²) in [5, 5.41) is 11.7. The van der Waals surface area contributed by atoms with Gasteiger partial charge in [0.2, 0.25) is 0 Å². The monoisotopic (exact) mass is 274 g/mol. The van der Waals surface area contributed by atoms with E-state index in [0.717, 1.165) is 19.3 Å². The van der Waals surface area contributed by atoms with Crippen LogP contribution in [0.25, 0.3) is 0 Å². The van der Waals surface area contributed by atoms with Crippen molar-refractivity contribution in [2.24, 2.45) is 0 Å². The first-order valence-electron chi connectivity index (χ1n) is 6.15. The second-order valence-electron chi connectivity index (χ2n) is 4.97. The number of carboxylic acid groups (broad SMARTS) is 1. The van der Waals surface area contributed by atoms with E-state index in [9.17, 15) is 13.8 Å². The highest BCUT2D eigenvalue weighted by molar-refractivity contribution is 7.85. The maximum absolute atomic E-state index is 12.0. The molecule has 0 bridgehead atoms. The number of carboxylic acids is 1. The maximum Gasteiger partial charge on any atom is 0.317 e. The zero-order valence-electron chi connectivity index (χ0n) is 10.2. The molecule has 2 aliphatic rings. The SMILES string of the molecule is O=C(O)CC1(NC(=O)N2CCS(=O)CC2)CCC1. The number of amides is 2. The van der Waals surface area contributed by atoms with E-state index in [1.54, 1.807) is 4.90 Å². The number of nitrogens with zero attached hydrogens (tertiary/aromatic N) is 1. The van der Waals surface area contributed by atoms with E-state index < -0.39 is 22.3 Å². The first-order valence-corrected chi connectivity index (χ1v) is 7.63. The summed E-state index contributed by atoms with van der Waals surface area (Å²) in [6, 6.07) is -0.215. The zero-order valence-corrected chi connectivity index (χ0v) is 11.0. The standard InChI is InChI=1S/C11H18N2O4S/c14-9(15)8-11(2-1-3-11)12-10(16)13-4-6-18(17)7-5-13/h1-8H2,(H,12,16)(H,14,15). The van der Waals surface area contributed by atoms with Gasteiger partial charge < -0.3 is 15.3 Å². The quantitative estimate of drug-likeness (QED) is 0.767. The van der Waals surface area contributed by atoms with E-state index in [0.29, 0.717) is 24.6 Å². The molecule has 1 heterocycles. The predicted octanol–water partition coefficient (Wildman–Crippen LogP) is 0.158. The highest BCUT2D eigenvalue weighted by atomic mass is 32.2. The highest BCUT2D eigenvalue weighted by Crippen LogP contribution is 2.35. The van der Waals surface area contributed by atoms with Crippen LogP contribution in [0.4, 0.5) is 4.79 Å². The molecule has 2 fully saturated rings. The molecule has 0 aromatic rings. The number of nitrogens with one attached hydrogen (secondary N) is 1. The van der Waals surface area contributed by atoms with E-state index in [1.807, 2.05) is 0 Å². The first-order chi connectivity index (χ1) is 8.51. The zero-order chi connectivity index (χ0) is 13.2. The van der Waals surface area contributed by atoms with Crippen LogP contribution in [0.1, 0.15) is 25.7 Å². The van der Waals surface area contributed by atoms with Crippen molar-refractivity contribution in [3.8, 4) is 0 Å². The molecule has 7 heteroatoms. The summed E-state index contributed by atoms with van der Waals surface area (Å²) in [4.78, 5) is 24.4. The molecule has 0 atom stereocenters. The number of carbonyl (C=O) groups excluding carboxylic acids is 1. The van der Waals surface area contributed by atoms with Crippen LogP contribution in [0.5, 0.6) is 0 Å². The van der Waals surface area contributed by atoms with Gasteiger partial charge in [-0.1, -0.05) is 0 Å². The average molecular weight is 274 g/mol. The number of urea groups is 1. The number of carbonyl (C=O) groups is 2. The van der Waals surface area contributed by atoms with Gasteiger partial charge in [0.25, 0.3) is 0 Å². The summed E-state index contributed by atoms with van der Waals surface area (Å²) in [6.45, 7) is 0.975. The van der Waals surface area contributed by atoms with Crippen LogP contribution < -0.4 is 5.32 Å². The molecule has 6 nitrogen and oxygen atoms in total. The van der Waals surface area contributed by atoms with Crippen LogP contribution in [-0.2, 0) is 15.6 Å². The fraction of sp³-hybridized carbons (Fsp3) is 0.818. The van der Waals surface area contributed by atoms with E-state index in [1.165, 1.54) is 0 Å². The molecule has 102 valence electrons. The molecule has 2 rings (SSSR count). The van der Waals surface area contributed by atoms with Gasteiger partial charge in [0, 0.05) is 35.4 Å². The van der Waals surface area contributed by atoms with Gasteiger partial charge in [-0.15, -0.1) is 0 Å². The molecule has 1 saturated carbocycles. The number of hydrogen-bond donors (Lipinski definition) is 2. The van der Waals surface area contributed by atoms with Crippen molar-refractivity contribution in [2.75, 3.05) is 24.6 Å². The van der Waals surface area contributed by atoms with Crippen molar-refractivity contribution in [3.63, 3.8) is 0 Å². The minimum Gasteiger partial charge on any atom is -0.481 e. The molecule has 0 aromatic heterocycles. The Morgan fingerprint density at radius 2 is 1.89 bits per heavy atom. The Balaban J connectivity index is 1.89. The summed E-state index contributed by atoms with van der Waals surface area (Å²) in [7, 11) is -0.813. The van der Waals surface area contributed by atoms with Crippen molar-refractivity contribution in [2.45, 2.75) is 31.2 Å². The van der Waals surface area contributed by atoms with Crippen LogP contribution in [-0.4, -0.2) is 56.3 Å². The Hall–Kier alpha value is -1.11. The second kappa shape index (κ2) is 5.26. The summed E-state index contributed by atoms with van der Waals surface area (Å²) in [6.07, 6.45) is 2.39. The van der Waals surface area contributed by atoms with Gasteiger partial charge in [0.1, 0.15) is 0 Å². The normalized spacial score (nSPS) is 23.2. The largest absolute Gasteiger partial charge is 0.481 e. The summed E-state index contributed by atoms with van der Waals surface area (Å²) in [5.74, 6) is 0.147. The van der Waals surface area contributed by atoms with E-state index in [4.69, 9.17) is 5.11 Å². The van der Waals surface area contributed by atoms with Gasteiger partial charge in [0.05, 0.1) is 12.0 Å². The van der Waals surface area contributed by atoms with Gasteiger partial charge >= 0.3 is 12.0 Å². The Bertz CT molecular complexity index is 371. The number of aliphatic carboxylic acids is 1. The van der Waals surface area contributed by atoms with Crippen molar-refractivity contribution in [3.05, 3.63) is 0 Å². The molecule has 18 heavy (non-hydrogen) atoms. The lowest BCUT2D eigenvalue weighted by molar-refractivity contribution is -0.139. The topological polar surface area (TPSA) is 86.7 Å². The molecule has 1 aliphatic heterocycles. The van der Waals surface area contributed by atoms with Crippen molar-refractivity contribution in [1.29, 1.82) is 0 Å². The lowest BCUT2D eigenvalue weighted by Crippen LogP contribution is -2.59. The fourth-order valence-corrected chi connectivity index (χ4v) is 3.44. The molecule has 0 aromatic carbocycles. The predicted molar refractivity (Wildman–Crippen MR) is 66.8 cm³/mol. The van der Waals surface area contributed by atoms with E-state index >= 15 is 0 Å². The summed E-state index contributed by atoms with van der Waals surface area (Å²) >= 11 is 0. The molecule has 1 aliphatic carbocycles. The molecule has 0 unspecified atom stereocenters. The third kappa shape index (κ3) is 3.01. The second-order valence-corrected chi connectivity index (χ2v) is 6.67. The average Bonchev–Trinajstić information content (AvgIpc) is 2.26. The molecule has 0 spiro atoms. The maximum atomic E-state index is 12.0. The molecule has 1 saturated heterocycles. The molecule has 2 N–H and O–H groups in total. The molecule has 0 radical (unpaired) electrons. The van der Waals surface area contributed by atoms with Crippen molar-refractivity contribution < 1.29 is 18.9 Å². The van der Waals surface area contributed by atoms with Crippen LogP contribution in [0.15, 0.2) is 0 Å². The van der Waals surface area contributed by atoms with Gasteiger partial charge in [-0.05, 0) is 19.3 Å². The number of rotatable bonds is 3. The summed E-state index contributed by atoms with van der Waals surface area (Å²) < 4.78 is 11.2. The van der Waals surface area contributed by atoms with Crippen LogP contribution in [0.3, 0.4) is 0 Å². The Kier molecular flexibility index (Phi) is 3.89. The van der Waals surface area contributed by atoms with E-state index in [-0.39, 0.29) is 12.5 Å². The van der Waals surface area contributed by atoms with Crippen LogP contribution in [0.2, 0.25) is 0 Å². The lowest BCUT2D eigenvalue weighted by atomic mass is 9.74. The highest BCUT2D eigenvalue weighted by Gasteiger charge is 2.41. The van der Waals surface area contributed by atoms with Gasteiger partial charge in [-0.2, -0.15) is 0 Å². The lowest BCUT2D eigenvalue weighted by Gasteiger charge is -2.43. The Morgan fingerprint density at radius 3 is 2.33 bits per heavy atom. The van der Waals surface area contributed by atoms with Gasteiger partial charge in [-0.25, -0.2) is 4.79 Å². The minimum atomic E-state index is -0.880. The number of hydrogen-bond acceptors (Lipinski definition) is 3. The fourth-order valence-electron chi connectivity index (χ4n) is 2.39. The minimum absolute atomic E-state index is 0.0154. The molecular formula is C11H18N2O4S. The Morgan fingerprint density at radius 1 is 1.28 bits per heavy atom. The van der Waals surface area contributed by atoms with E-state index in [2.05, 4.69) is 5.32 Å². The van der Waals surface area contributed by atoms with Crippen molar-refractivity contribution >= 4 is 22.8 Å². The molecule has 2 amide bonds. The molecular weight excluding hydrogens is 256 g/mol. The summed E-state index contributed by atoms with van der Waals surface area (Å²) in [5.41, 5.74) is -0.556. The first kappa shape index (κ1) is 13.3. The smallest absolute Gasteiger partial charge is 0.317 e. The van der Waals surface area contributed by atoms with Gasteiger partial charge in [0.15, 0.2) is 0 Å². The van der Waals surface area contributed by atoms with Crippen molar-refractivity contribution in [1.82, 2.24) is 10.2 Å². The third-order valence-corrected chi connectivity index (χ3v) is 4.91. The van der Waals surface area contributed by atoms with Crippen LogP contribution in [0, 0.1) is 0 Å². The third-order valence-electron chi connectivity index (χ3n) is 3.64. The van der Waals surface area contributed by atoms with Gasteiger partial charge in [-0.3, -0.25) is 9.00 Å². The Labute approximate surface area is 108 Å².